The van der Waals surface area contributed by atoms with Crippen LogP contribution in [0.3, 0.4) is 0 Å². The SMILES string of the molecule is Cc1ccc([C@H]2c3c(ccc4ccccc34)Oc3ncn4nc(CC#N)nc4c32)cc1. The van der Waals surface area contributed by atoms with E-state index in [1.54, 1.807) is 10.8 Å². The van der Waals surface area contributed by atoms with Crippen molar-refractivity contribution < 1.29 is 4.74 Å². The van der Waals surface area contributed by atoms with Crippen molar-refractivity contribution >= 4 is 16.4 Å². The molecule has 6 rings (SSSR count). The molecule has 3 aromatic carbocycles. The van der Waals surface area contributed by atoms with Crippen molar-refractivity contribution in [3.63, 3.8) is 0 Å². The lowest BCUT2D eigenvalue weighted by molar-refractivity contribution is 0.433. The van der Waals surface area contributed by atoms with Crippen LogP contribution in [0.4, 0.5) is 0 Å². The molecule has 0 amide bonds. The van der Waals surface area contributed by atoms with Gasteiger partial charge in [0.15, 0.2) is 11.5 Å². The highest BCUT2D eigenvalue weighted by molar-refractivity contribution is 5.90. The molecule has 0 N–H and O–H groups in total. The summed E-state index contributed by atoms with van der Waals surface area (Å²) in [5.41, 5.74) is 4.96. The molecule has 3 heterocycles. The lowest BCUT2D eigenvalue weighted by Gasteiger charge is -2.29. The summed E-state index contributed by atoms with van der Waals surface area (Å²) in [5.74, 6) is 1.67. The Morgan fingerprint density at radius 3 is 2.71 bits per heavy atom. The highest BCUT2D eigenvalue weighted by atomic mass is 16.5. The summed E-state index contributed by atoms with van der Waals surface area (Å²) in [4.78, 5) is 9.22. The van der Waals surface area contributed by atoms with Gasteiger partial charge in [0.1, 0.15) is 12.1 Å². The Kier molecular flexibility index (Phi) is 3.77. The van der Waals surface area contributed by atoms with Gasteiger partial charge in [0, 0.05) is 11.5 Å². The van der Waals surface area contributed by atoms with Gasteiger partial charge in [-0.3, -0.25) is 0 Å². The van der Waals surface area contributed by atoms with Gasteiger partial charge in [0.05, 0.1) is 18.1 Å². The summed E-state index contributed by atoms with van der Waals surface area (Å²) in [6, 6.07) is 23.1. The number of nitriles is 1. The van der Waals surface area contributed by atoms with Crippen LogP contribution < -0.4 is 4.74 Å². The Bertz CT molecular complexity index is 1510. The number of fused-ring (bicyclic) bond motifs is 6. The maximum absolute atomic E-state index is 9.11. The molecule has 0 saturated carbocycles. The fourth-order valence-corrected chi connectivity index (χ4v) is 4.39. The zero-order valence-electron chi connectivity index (χ0n) is 16.8. The van der Waals surface area contributed by atoms with E-state index < -0.39 is 0 Å². The van der Waals surface area contributed by atoms with Gasteiger partial charge in [-0.25, -0.2) is 14.5 Å². The molecule has 0 spiro atoms. The molecule has 31 heavy (non-hydrogen) atoms. The first-order chi connectivity index (χ1) is 15.2. The van der Waals surface area contributed by atoms with Gasteiger partial charge in [-0.05, 0) is 29.3 Å². The van der Waals surface area contributed by atoms with E-state index in [-0.39, 0.29) is 12.3 Å². The number of ether oxygens (including phenoxy) is 1. The largest absolute Gasteiger partial charge is 0.438 e. The van der Waals surface area contributed by atoms with Crippen LogP contribution in [0.1, 0.15) is 34.0 Å². The van der Waals surface area contributed by atoms with Crippen LogP contribution in [0, 0.1) is 18.3 Å². The second-order valence-electron chi connectivity index (χ2n) is 7.74. The molecule has 0 fully saturated rings. The van der Waals surface area contributed by atoms with E-state index in [1.165, 1.54) is 5.56 Å². The topological polar surface area (TPSA) is 76.1 Å². The average molecular weight is 403 g/mol. The molecule has 0 radical (unpaired) electrons. The van der Waals surface area contributed by atoms with Crippen LogP contribution in [-0.4, -0.2) is 19.6 Å². The second kappa shape index (κ2) is 6.64. The Morgan fingerprint density at radius 2 is 1.87 bits per heavy atom. The van der Waals surface area contributed by atoms with Gasteiger partial charge in [-0.2, -0.15) is 5.26 Å². The van der Waals surface area contributed by atoms with Crippen molar-refractivity contribution in [2.24, 2.45) is 0 Å². The van der Waals surface area contributed by atoms with Gasteiger partial charge in [0.2, 0.25) is 5.88 Å². The first-order valence-corrected chi connectivity index (χ1v) is 10.1. The van der Waals surface area contributed by atoms with Gasteiger partial charge in [-0.15, -0.1) is 5.10 Å². The smallest absolute Gasteiger partial charge is 0.228 e. The number of aryl methyl sites for hydroxylation is 1. The standard InChI is InChI=1S/C25H17N5O/c1-15-6-8-17(9-7-15)21-22-18-5-3-2-4-16(18)10-11-19(22)31-25-23(21)24-28-20(12-13-26)29-30(24)14-27-25/h2-11,14,21H,12H2,1H3/t21-/m0/s1. The molecule has 0 aliphatic carbocycles. The molecule has 0 saturated heterocycles. The lowest BCUT2D eigenvalue weighted by Crippen LogP contribution is -2.15. The van der Waals surface area contributed by atoms with E-state index in [0.29, 0.717) is 17.4 Å². The molecule has 0 unspecified atom stereocenters. The number of benzene rings is 3. The summed E-state index contributed by atoms with van der Waals surface area (Å²) in [6.45, 7) is 2.08. The lowest BCUT2D eigenvalue weighted by atomic mass is 9.81. The summed E-state index contributed by atoms with van der Waals surface area (Å²) in [6.07, 6.45) is 1.74. The Hall–Kier alpha value is -4.24. The molecule has 6 heteroatoms. The predicted octanol–water partition coefficient (Wildman–Crippen LogP) is 4.94. The molecule has 6 nitrogen and oxygen atoms in total. The monoisotopic (exact) mass is 403 g/mol. The first kappa shape index (κ1) is 17.6. The summed E-state index contributed by atoms with van der Waals surface area (Å²) >= 11 is 0. The van der Waals surface area contributed by atoms with Crippen molar-refractivity contribution in [1.29, 1.82) is 5.26 Å². The van der Waals surface area contributed by atoms with Crippen LogP contribution in [0.25, 0.3) is 16.4 Å². The van der Waals surface area contributed by atoms with E-state index in [2.05, 4.69) is 70.5 Å². The number of hydrogen-bond donors (Lipinski definition) is 0. The Morgan fingerprint density at radius 1 is 1.03 bits per heavy atom. The van der Waals surface area contributed by atoms with Crippen LogP contribution in [0.15, 0.2) is 67.0 Å². The Balaban J connectivity index is 1.71. The van der Waals surface area contributed by atoms with E-state index in [1.807, 2.05) is 18.2 Å². The van der Waals surface area contributed by atoms with Crippen LogP contribution in [0.5, 0.6) is 11.6 Å². The second-order valence-corrected chi connectivity index (χ2v) is 7.74. The molecule has 1 atom stereocenters. The minimum atomic E-state index is -0.124. The third kappa shape index (κ3) is 2.67. The van der Waals surface area contributed by atoms with Gasteiger partial charge in [0.25, 0.3) is 0 Å². The van der Waals surface area contributed by atoms with Crippen molar-refractivity contribution in [3.8, 4) is 17.7 Å². The van der Waals surface area contributed by atoms with E-state index in [0.717, 1.165) is 33.2 Å². The minimum Gasteiger partial charge on any atom is -0.438 e. The molecule has 1 aliphatic heterocycles. The highest BCUT2D eigenvalue weighted by Crippen LogP contribution is 2.50. The van der Waals surface area contributed by atoms with Crippen molar-refractivity contribution in [2.45, 2.75) is 19.3 Å². The molecular formula is C25H17N5O. The van der Waals surface area contributed by atoms with Crippen molar-refractivity contribution in [3.05, 3.63) is 95.1 Å². The maximum Gasteiger partial charge on any atom is 0.228 e. The number of hydrogen-bond acceptors (Lipinski definition) is 5. The summed E-state index contributed by atoms with van der Waals surface area (Å²) in [5, 5.41) is 15.8. The van der Waals surface area contributed by atoms with E-state index >= 15 is 0 Å². The molecular weight excluding hydrogens is 386 g/mol. The summed E-state index contributed by atoms with van der Waals surface area (Å²) in [7, 11) is 0. The first-order valence-electron chi connectivity index (χ1n) is 10.1. The molecule has 5 aromatic rings. The fraction of sp³-hybridized carbons (Fsp3) is 0.120. The predicted molar refractivity (Wildman–Crippen MR) is 116 cm³/mol. The normalized spacial score (nSPS) is 14.6. The molecule has 0 bridgehead atoms. The van der Waals surface area contributed by atoms with E-state index in [9.17, 15) is 0 Å². The molecule has 148 valence electrons. The zero-order chi connectivity index (χ0) is 20.9. The summed E-state index contributed by atoms with van der Waals surface area (Å²) < 4.78 is 7.93. The van der Waals surface area contributed by atoms with Gasteiger partial charge >= 0.3 is 0 Å². The highest BCUT2D eigenvalue weighted by Gasteiger charge is 2.34. The zero-order valence-corrected chi connectivity index (χ0v) is 16.8. The number of nitrogens with zero attached hydrogens (tertiary/aromatic N) is 5. The Labute approximate surface area is 178 Å². The van der Waals surface area contributed by atoms with E-state index in [4.69, 9.17) is 10.00 Å². The van der Waals surface area contributed by atoms with Crippen LogP contribution >= 0.6 is 0 Å². The molecule has 1 aliphatic rings. The van der Waals surface area contributed by atoms with Gasteiger partial charge in [-0.1, -0.05) is 60.2 Å². The third-order valence-corrected chi connectivity index (χ3v) is 5.79. The number of rotatable bonds is 2. The quantitative estimate of drug-likeness (QED) is 0.409. The number of aromatic nitrogens is 4. The molecule has 2 aromatic heterocycles. The van der Waals surface area contributed by atoms with Gasteiger partial charge < -0.3 is 4.74 Å². The van der Waals surface area contributed by atoms with Crippen LogP contribution in [-0.2, 0) is 6.42 Å². The average Bonchev–Trinajstić information content (AvgIpc) is 3.21. The van der Waals surface area contributed by atoms with Crippen molar-refractivity contribution in [1.82, 2.24) is 19.6 Å². The maximum atomic E-state index is 9.11. The third-order valence-electron chi connectivity index (χ3n) is 5.79. The fourth-order valence-electron chi connectivity index (χ4n) is 4.39. The van der Waals surface area contributed by atoms with Crippen molar-refractivity contribution in [2.75, 3.05) is 0 Å². The van der Waals surface area contributed by atoms with Crippen LogP contribution in [0.2, 0.25) is 0 Å². The minimum absolute atomic E-state index is 0.124.